The van der Waals surface area contributed by atoms with Gasteiger partial charge in [-0.2, -0.15) is 0 Å². The summed E-state index contributed by atoms with van der Waals surface area (Å²) in [5.74, 6) is -0.349. The van der Waals surface area contributed by atoms with Crippen molar-refractivity contribution in [3.05, 3.63) is 0 Å². The molecule has 0 aromatic rings. The largest absolute Gasteiger partial charge is 0.464 e. The first-order chi connectivity index (χ1) is 8.31. The van der Waals surface area contributed by atoms with Crippen LogP contribution in [0.3, 0.4) is 0 Å². The highest BCUT2D eigenvalue weighted by Gasteiger charge is 2.01. The maximum atomic E-state index is 11.0. The normalized spacial score (nSPS) is 10.5. The fraction of sp³-hybridized carbons (Fsp3) is 0.909. The first kappa shape index (κ1) is 16.3. The number of hydrogen-bond donors (Lipinski definition) is 1. The monoisotopic (exact) mass is 250 g/mol. The number of hydrogen-bond acceptors (Lipinski definition) is 6. The molecule has 1 N–H and O–H groups in total. The Kier molecular flexibility index (Phi) is 12.8. The molecule has 0 fully saturated rings. The number of rotatable bonds is 12. The molecule has 0 atom stereocenters. The van der Waals surface area contributed by atoms with E-state index in [-0.39, 0.29) is 19.2 Å². The van der Waals surface area contributed by atoms with Gasteiger partial charge in [-0.05, 0) is 6.42 Å². The van der Waals surface area contributed by atoms with Gasteiger partial charge < -0.3 is 24.1 Å². The summed E-state index contributed by atoms with van der Waals surface area (Å²) in [4.78, 5) is 11.0. The number of carbonyl (C=O) groups is 1. The molecular formula is C11H22O6. The molecule has 6 heteroatoms. The first-order valence-electron chi connectivity index (χ1n) is 5.81. The summed E-state index contributed by atoms with van der Waals surface area (Å²) in [5.41, 5.74) is 0. The van der Waals surface area contributed by atoms with Crippen LogP contribution in [-0.4, -0.2) is 63.9 Å². The second kappa shape index (κ2) is 13.4. The molecule has 0 aromatic carbocycles. The first-order valence-corrected chi connectivity index (χ1v) is 5.81. The molecule has 0 radical (unpaired) electrons. The second-order valence-corrected chi connectivity index (χ2v) is 3.22. The summed E-state index contributed by atoms with van der Waals surface area (Å²) in [6.45, 7) is 4.31. The molecule has 6 nitrogen and oxygen atoms in total. The average molecular weight is 250 g/mol. The predicted octanol–water partition coefficient (Wildman–Crippen LogP) is -0.0183. The molecule has 0 amide bonds. The zero-order chi connectivity index (χ0) is 12.8. The molecular weight excluding hydrogens is 228 g/mol. The summed E-state index contributed by atoms with van der Waals surface area (Å²) in [5, 5.41) is 8.42. The van der Waals surface area contributed by atoms with Crippen LogP contribution in [0.1, 0.15) is 13.3 Å². The van der Waals surface area contributed by atoms with E-state index in [4.69, 9.17) is 24.1 Å². The van der Waals surface area contributed by atoms with Gasteiger partial charge in [-0.25, -0.2) is 4.79 Å². The van der Waals surface area contributed by atoms with E-state index in [1.165, 1.54) is 0 Å². The molecule has 0 aliphatic rings. The van der Waals surface area contributed by atoms with E-state index in [0.29, 0.717) is 39.6 Å². The van der Waals surface area contributed by atoms with Crippen molar-refractivity contribution in [2.75, 3.05) is 52.9 Å². The van der Waals surface area contributed by atoms with Gasteiger partial charge in [0.25, 0.3) is 0 Å². The van der Waals surface area contributed by atoms with Crippen molar-refractivity contribution < 1.29 is 28.8 Å². The van der Waals surface area contributed by atoms with Gasteiger partial charge in [-0.15, -0.1) is 0 Å². The van der Waals surface area contributed by atoms with Gasteiger partial charge in [-0.3, -0.25) is 0 Å². The molecule has 0 saturated heterocycles. The highest BCUT2D eigenvalue weighted by atomic mass is 16.6. The van der Waals surface area contributed by atoms with Crippen molar-refractivity contribution in [1.29, 1.82) is 0 Å². The highest BCUT2D eigenvalue weighted by molar-refractivity contribution is 5.70. The molecule has 17 heavy (non-hydrogen) atoms. The fourth-order valence-corrected chi connectivity index (χ4v) is 0.917. The third-order valence-corrected chi connectivity index (χ3v) is 1.67. The molecule has 0 heterocycles. The van der Waals surface area contributed by atoms with E-state index in [2.05, 4.69) is 0 Å². The van der Waals surface area contributed by atoms with Gasteiger partial charge in [0, 0.05) is 0 Å². The Morgan fingerprint density at radius 2 is 1.53 bits per heavy atom. The minimum atomic E-state index is -0.349. The second-order valence-electron chi connectivity index (χ2n) is 3.22. The van der Waals surface area contributed by atoms with E-state index in [9.17, 15) is 4.79 Å². The molecule has 0 aromatic heterocycles. The van der Waals surface area contributed by atoms with Crippen LogP contribution >= 0.6 is 0 Å². The van der Waals surface area contributed by atoms with E-state index in [1.807, 2.05) is 6.92 Å². The summed E-state index contributed by atoms with van der Waals surface area (Å²) < 4.78 is 20.0. The number of carbonyl (C=O) groups excluding carboxylic acids is 1. The lowest BCUT2D eigenvalue weighted by Crippen LogP contribution is -2.16. The van der Waals surface area contributed by atoms with Gasteiger partial charge in [0.15, 0.2) is 0 Å². The molecule has 0 unspecified atom stereocenters. The Labute approximate surface area is 102 Å². The zero-order valence-electron chi connectivity index (χ0n) is 10.4. The molecule has 0 spiro atoms. The maximum absolute atomic E-state index is 11.0. The summed E-state index contributed by atoms with van der Waals surface area (Å²) >= 11 is 0. The van der Waals surface area contributed by atoms with Crippen LogP contribution in [-0.2, 0) is 23.7 Å². The molecule has 0 aliphatic heterocycles. The van der Waals surface area contributed by atoms with Crippen LogP contribution in [0.5, 0.6) is 0 Å². The van der Waals surface area contributed by atoms with Crippen LogP contribution in [0.25, 0.3) is 0 Å². The molecule has 0 saturated carbocycles. The predicted molar refractivity (Wildman–Crippen MR) is 60.8 cm³/mol. The van der Waals surface area contributed by atoms with E-state index < -0.39 is 0 Å². The molecule has 0 aliphatic carbocycles. The summed E-state index contributed by atoms with van der Waals surface area (Å²) in [6, 6.07) is 0. The smallest absolute Gasteiger partial charge is 0.332 e. The number of ether oxygens (including phenoxy) is 4. The third-order valence-electron chi connectivity index (χ3n) is 1.67. The van der Waals surface area contributed by atoms with Crippen molar-refractivity contribution in [3.8, 4) is 0 Å². The van der Waals surface area contributed by atoms with Crippen LogP contribution in [0.4, 0.5) is 0 Å². The minimum absolute atomic E-state index is 0.0168. The number of aliphatic hydroxyl groups excluding tert-OH is 1. The molecule has 0 bridgehead atoms. The van der Waals surface area contributed by atoms with Gasteiger partial charge in [-0.1, -0.05) is 6.92 Å². The number of esters is 1. The lowest BCUT2D eigenvalue weighted by Gasteiger charge is -2.06. The van der Waals surface area contributed by atoms with Crippen LogP contribution in [0, 0.1) is 0 Å². The number of aliphatic hydroxyl groups is 1. The van der Waals surface area contributed by atoms with E-state index in [0.717, 1.165) is 6.42 Å². The van der Waals surface area contributed by atoms with Gasteiger partial charge in [0.1, 0.15) is 6.61 Å². The SMILES string of the molecule is CCCOC(=O)COCCOCCOCCO. The Morgan fingerprint density at radius 1 is 0.941 bits per heavy atom. The standard InChI is InChI=1S/C11H22O6/c1-2-4-17-11(13)10-16-9-8-15-7-6-14-5-3-12/h12H,2-10H2,1H3. The van der Waals surface area contributed by atoms with Crippen LogP contribution < -0.4 is 0 Å². The topological polar surface area (TPSA) is 74.2 Å². The minimum Gasteiger partial charge on any atom is -0.464 e. The van der Waals surface area contributed by atoms with E-state index >= 15 is 0 Å². The summed E-state index contributed by atoms with van der Waals surface area (Å²) in [7, 11) is 0. The lowest BCUT2D eigenvalue weighted by atomic mass is 10.5. The highest BCUT2D eigenvalue weighted by Crippen LogP contribution is 1.85. The Morgan fingerprint density at radius 3 is 2.12 bits per heavy atom. The maximum Gasteiger partial charge on any atom is 0.332 e. The zero-order valence-corrected chi connectivity index (χ0v) is 10.4. The van der Waals surface area contributed by atoms with Gasteiger partial charge in [0.2, 0.25) is 0 Å². The van der Waals surface area contributed by atoms with Gasteiger partial charge in [0.05, 0.1) is 46.2 Å². The molecule has 102 valence electrons. The van der Waals surface area contributed by atoms with Crippen molar-refractivity contribution in [1.82, 2.24) is 0 Å². The van der Waals surface area contributed by atoms with Crippen molar-refractivity contribution in [2.24, 2.45) is 0 Å². The molecule has 0 rings (SSSR count). The van der Waals surface area contributed by atoms with Crippen LogP contribution in [0.15, 0.2) is 0 Å². The van der Waals surface area contributed by atoms with Crippen molar-refractivity contribution in [3.63, 3.8) is 0 Å². The quantitative estimate of drug-likeness (QED) is 0.387. The van der Waals surface area contributed by atoms with Crippen molar-refractivity contribution >= 4 is 5.97 Å². The Bertz CT molecular complexity index is 173. The Balaban J connectivity index is 3.05. The van der Waals surface area contributed by atoms with Crippen LogP contribution in [0.2, 0.25) is 0 Å². The average Bonchev–Trinajstić information content (AvgIpc) is 2.34. The van der Waals surface area contributed by atoms with E-state index in [1.54, 1.807) is 0 Å². The van der Waals surface area contributed by atoms with Crippen molar-refractivity contribution in [2.45, 2.75) is 13.3 Å². The van der Waals surface area contributed by atoms with Gasteiger partial charge >= 0.3 is 5.97 Å². The fourth-order valence-electron chi connectivity index (χ4n) is 0.917. The Hall–Kier alpha value is -0.690. The lowest BCUT2D eigenvalue weighted by molar-refractivity contribution is -0.149. The summed E-state index contributed by atoms with van der Waals surface area (Å²) in [6.07, 6.45) is 0.808. The third kappa shape index (κ3) is 13.2.